The fourth-order valence-corrected chi connectivity index (χ4v) is 2.29. The molecule has 1 rings (SSSR count). The molecule has 5 nitrogen and oxygen atoms in total. The molecule has 0 spiro atoms. The van der Waals surface area contributed by atoms with Gasteiger partial charge in [-0.1, -0.05) is 26.7 Å². The lowest BCUT2D eigenvalue weighted by Gasteiger charge is -2.20. The van der Waals surface area contributed by atoms with Crippen molar-refractivity contribution in [2.24, 2.45) is 5.92 Å². The summed E-state index contributed by atoms with van der Waals surface area (Å²) < 4.78 is 10.2. The van der Waals surface area contributed by atoms with Crippen molar-refractivity contribution in [3.63, 3.8) is 0 Å². The molecule has 1 unspecified atom stereocenters. The average Bonchev–Trinajstić information content (AvgIpc) is 2.80. The molecule has 114 valence electrons. The summed E-state index contributed by atoms with van der Waals surface area (Å²) >= 11 is 0. The fraction of sp³-hybridized carbons (Fsp3) is 0.667. The highest BCUT2D eigenvalue weighted by Crippen LogP contribution is 2.16. The maximum absolute atomic E-state index is 11.5. The van der Waals surface area contributed by atoms with E-state index in [9.17, 15) is 9.90 Å². The number of ether oxygens (including phenoxy) is 1. The van der Waals surface area contributed by atoms with Crippen LogP contribution in [0, 0.1) is 12.8 Å². The van der Waals surface area contributed by atoms with Gasteiger partial charge in [-0.05, 0) is 18.9 Å². The Bertz CT molecular complexity index is 424. The van der Waals surface area contributed by atoms with Gasteiger partial charge in [-0.25, -0.2) is 4.79 Å². The van der Waals surface area contributed by atoms with Crippen LogP contribution in [0.4, 0.5) is 0 Å². The van der Waals surface area contributed by atoms with Gasteiger partial charge in [0, 0.05) is 6.54 Å². The van der Waals surface area contributed by atoms with Crippen LogP contribution in [0.15, 0.2) is 10.5 Å². The van der Waals surface area contributed by atoms with Crippen LogP contribution < -0.4 is 5.32 Å². The second kappa shape index (κ2) is 8.07. The highest BCUT2D eigenvalue weighted by molar-refractivity contribution is 5.90. The highest BCUT2D eigenvalue weighted by Gasteiger charge is 2.17. The van der Waals surface area contributed by atoms with Gasteiger partial charge in [0.05, 0.1) is 19.8 Å². The predicted octanol–water partition coefficient (Wildman–Crippen LogP) is 2.26. The smallest absolute Gasteiger partial charge is 0.341 e. The number of aliphatic hydroxyl groups excluding tert-OH is 1. The molecule has 0 fully saturated rings. The molecule has 0 amide bonds. The third-order valence-electron chi connectivity index (χ3n) is 3.62. The molecule has 20 heavy (non-hydrogen) atoms. The zero-order valence-corrected chi connectivity index (χ0v) is 12.7. The summed E-state index contributed by atoms with van der Waals surface area (Å²) in [5.74, 6) is 1.13. The van der Waals surface area contributed by atoms with E-state index in [1.54, 1.807) is 13.0 Å². The van der Waals surface area contributed by atoms with Gasteiger partial charge in [0.1, 0.15) is 17.1 Å². The standard InChI is InChI=1S/C15H25NO4/c1-5-11(6-2)14(17)9-16-8-12-7-13(10(3)20-12)15(18)19-4/h7,11,14,16-17H,5-6,8-9H2,1-4H3. The Kier molecular flexibility index (Phi) is 6.75. The maximum Gasteiger partial charge on any atom is 0.341 e. The Morgan fingerprint density at radius 3 is 2.65 bits per heavy atom. The van der Waals surface area contributed by atoms with Crippen LogP contribution in [-0.4, -0.2) is 30.8 Å². The second-order valence-corrected chi connectivity index (χ2v) is 4.95. The molecule has 1 aromatic heterocycles. The lowest BCUT2D eigenvalue weighted by Crippen LogP contribution is -2.32. The molecular weight excluding hydrogens is 258 g/mol. The number of furan rings is 1. The van der Waals surface area contributed by atoms with Crippen LogP contribution in [-0.2, 0) is 11.3 Å². The molecule has 2 N–H and O–H groups in total. The van der Waals surface area contributed by atoms with E-state index < -0.39 is 5.97 Å². The first-order valence-electron chi connectivity index (χ1n) is 7.09. The van der Waals surface area contributed by atoms with Gasteiger partial charge in [0.25, 0.3) is 0 Å². The summed E-state index contributed by atoms with van der Waals surface area (Å²) in [6, 6.07) is 1.68. The quantitative estimate of drug-likeness (QED) is 0.716. The van der Waals surface area contributed by atoms with E-state index in [0.717, 1.165) is 12.8 Å². The highest BCUT2D eigenvalue weighted by atomic mass is 16.5. The van der Waals surface area contributed by atoms with Crippen molar-refractivity contribution >= 4 is 5.97 Å². The summed E-state index contributed by atoms with van der Waals surface area (Å²) in [5.41, 5.74) is 0.449. The summed E-state index contributed by atoms with van der Waals surface area (Å²) in [7, 11) is 1.35. The molecule has 0 saturated carbocycles. The molecule has 0 aliphatic carbocycles. The van der Waals surface area contributed by atoms with E-state index in [0.29, 0.717) is 36.1 Å². The van der Waals surface area contributed by atoms with Crippen molar-refractivity contribution < 1.29 is 19.1 Å². The van der Waals surface area contributed by atoms with Crippen LogP contribution in [0.5, 0.6) is 0 Å². The fourth-order valence-electron chi connectivity index (χ4n) is 2.29. The normalized spacial score (nSPS) is 12.7. The van der Waals surface area contributed by atoms with Gasteiger partial charge in [0.2, 0.25) is 0 Å². The van der Waals surface area contributed by atoms with Gasteiger partial charge >= 0.3 is 5.97 Å². The van der Waals surface area contributed by atoms with Gasteiger partial charge in [-0.2, -0.15) is 0 Å². The molecule has 0 aromatic carbocycles. The lowest BCUT2D eigenvalue weighted by atomic mass is 9.96. The van der Waals surface area contributed by atoms with Crippen molar-refractivity contribution in [3.05, 3.63) is 23.2 Å². The van der Waals surface area contributed by atoms with Gasteiger partial charge in [-0.15, -0.1) is 0 Å². The maximum atomic E-state index is 11.5. The van der Waals surface area contributed by atoms with Crippen molar-refractivity contribution in [3.8, 4) is 0 Å². The number of carbonyl (C=O) groups is 1. The second-order valence-electron chi connectivity index (χ2n) is 4.95. The zero-order chi connectivity index (χ0) is 15.1. The molecule has 0 bridgehead atoms. The molecule has 1 atom stereocenters. The number of methoxy groups -OCH3 is 1. The minimum Gasteiger partial charge on any atom is -0.465 e. The van der Waals surface area contributed by atoms with Crippen molar-refractivity contribution in [1.29, 1.82) is 0 Å². The van der Waals surface area contributed by atoms with Crippen LogP contribution >= 0.6 is 0 Å². The summed E-state index contributed by atoms with van der Waals surface area (Å²) in [6.45, 7) is 6.88. The Hall–Kier alpha value is -1.33. The molecular formula is C15H25NO4. The van der Waals surface area contributed by atoms with Crippen LogP contribution in [0.3, 0.4) is 0 Å². The first-order valence-corrected chi connectivity index (χ1v) is 7.09. The van der Waals surface area contributed by atoms with Gasteiger partial charge in [0.15, 0.2) is 0 Å². The summed E-state index contributed by atoms with van der Waals surface area (Å²) in [5, 5.41) is 13.2. The molecule has 0 saturated heterocycles. The number of aryl methyl sites for hydroxylation is 1. The van der Waals surface area contributed by atoms with Crippen molar-refractivity contribution in [2.75, 3.05) is 13.7 Å². The average molecular weight is 283 g/mol. The SMILES string of the molecule is CCC(CC)C(O)CNCc1cc(C(=O)OC)c(C)o1. The van der Waals surface area contributed by atoms with Gasteiger partial charge in [-0.3, -0.25) is 0 Å². The van der Waals surface area contributed by atoms with E-state index in [-0.39, 0.29) is 6.10 Å². The monoisotopic (exact) mass is 283 g/mol. The number of rotatable bonds is 8. The number of carbonyl (C=O) groups excluding carboxylic acids is 1. The Morgan fingerprint density at radius 1 is 1.45 bits per heavy atom. The van der Waals surface area contributed by atoms with Crippen LogP contribution in [0.25, 0.3) is 0 Å². The first-order chi connectivity index (χ1) is 9.53. The lowest BCUT2D eigenvalue weighted by molar-refractivity contribution is 0.0598. The van der Waals surface area contributed by atoms with Gasteiger partial charge < -0.3 is 19.6 Å². The molecule has 1 heterocycles. The predicted molar refractivity (Wildman–Crippen MR) is 76.6 cm³/mol. The minimum absolute atomic E-state index is 0.312. The number of esters is 1. The summed E-state index contributed by atoms with van der Waals surface area (Å²) in [4.78, 5) is 11.5. The first kappa shape index (κ1) is 16.7. The van der Waals surface area contributed by atoms with Crippen LogP contribution in [0.2, 0.25) is 0 Å². The third-order valence-corrected chi connectivity index (χ3v) is 3.62. The Labute approximate surface area is 120 Å². The minimum atomic E-state index is -0.394. The number of hydrogen-bond acceptors (Lipinski definition) is 5. The van der Waals surface area contributed by atoms with Crippen molar-refractivity contribution in [1.82, 2.24) is 5.32 Å². The van der Waals surface area contributed by atoms with E-state index in [1.165, 1.54) is 7.11 Å². The van der Waals surface area contributed by atoms with E-state index in [2.05, 4.69) is 23.9 Å². The summed E-state index contributed by atoms with van der Waals surface area (Å²) in [6.07, 6.45) is 1.57. The topological polar surface area (TPSA) is 71.7 Å². The number of aliphatic hydroxyl groups is 1. The van der Waals surface area contributed by atoms with Crippen molar-refractivity contribution in [2.45, 2.75) is 46.3 Å². The Morgan fingerprint density at radius 2 is 2.10 bits per heavy atom. The van der Waals surface area contributed by atoms with E-state index >= 15 is 0 Å². The molecule has 0 radical (unpaired) electrons. The Balaban J connectivity index is 2.48. The van der Waals surface area contributed by atoms with E-state index in [1.807, 2.05) is 0 Å². The molecule has 0 aliphatic heterocycles. The van der Waals surface area contributed by atoms with Crippen LogP contribution in [0.1, 0.15) is 48.6 Å². The molecule has 1 aromatic rings. The molecule has 5 heteroatoms. The molecule has 0 aliphatic rings. The third kappa shape index (κ3) is 4.35. The zero-order valence-electron chi connectivity index (χ0n) is 12.7. The number of nitrogens with one attached hydrogen (secondary N) is 1. The largest absolute Gasteiger partial charge is 0.465 e. The van der Waals surface area contributed by atoms with E-state index in [4.69, 9.17) is 4.42 Å². The number of hydrogen-bond donors (Lipinski definition) is 2.